The largest absolute Gasteiger partial charge is 0.411 e. The standard InChI is InChI=1S/C9H16N2O7/c10-7-17-5(15)1-8(2-12,3-13)9(11,4-14)6(16)18-7/h7,12-14H,1-4,10-11H2/t7?,9-/m1/s1. The maximum atomic E-state index is 11.8. The topological polar surface area (TPSA) is 165 Å². The quantitative estimate of drug-likeness (QED) is 0.323. The molecule has 0 aromatic heterocycles. The molecule has 1 aliphatic heterocycles. The Morgan fingerprint density at radius 3 is 2.17 bits per heavy atom. The van der Waals surface area contributed by atoms with Crippen LogP contribution in [0.1, 0.15) is 6.42 Å². The van der Waals surface area contributed by atoms with Gasteiger partial charge < -0.3 is 30.5 Å². The van der Waals surface area contributed by atoms with E-state index in [9.17, 15) is 24.9 Å². The number of nitrogens with two attached hydrogens (primary N) is 2. The number of esters is 2. The Labute approximate surface area is 102 Å². The molecule has 0 amide bonds. The zero-order valence-electron chi connectivity index (χ0n) is 9.54. The van der Waals surface area contributed by atoms with Crippen LogP contribution in [0.5, 0.6) is 0 Å². The first kappa shape index (κ1) is 14.8. The van der Waals surface area contributed by atoms with E-state index < -0.39 is 55.5 Å². The lowest BCUT2D eigenvalue weighted by molar-refractivity contribution is -0.211. The number of ether oxygens (including phenoxy) is 2. The van der Waals surface area contributed by atoms with Gasteiger partial charge in [-0.3, -0.25) is 10.5 Å². The summed E-state index contributed by atoms with van der Waals surface area (Å²) in [5, 5.41) is 27.9. The Morgan fingerprint density at radius 2 is 1.72 bits per heavy atom. The van der Waals surface area contributed by atoms with E-state index in [0.717, 1.165) is 0 Å². The van der Waals surface area contributed by atoms with Crippen LogP contribution in [0.3, 0.4) is 0 Å². The van der Waals surface area contributed by atoms with Gasteiger partial charge in [-0.05, 0) is 0 Å². The molecular formula is C9H16N2O7. The molecule has 0 radical (unpaired) electrons. The predicted molar refractivity (Wildman–Crippen MR) is 55.4 cm³/mol. The van der Waals surface area contributed by atoms with Crippen molar-refractivity contribution >= 4 is 11.9 Å². The third-order valence-electron chi connectivity index (χ3n) is 3.12. The third-order valence-corrected chi connectivity index (χ3v) is 3.12. The first-order valence-corrected chi connectivity index (χ1v) is 5.13. The number of aliphatic hydroxyl groups is 3. The summed E-state index contributed by atoms with van der Waals surface area (Å²) < 4.78 is 9.01. The average Bonchev–Trinajstić information content (AvgIpc) is 2.33. The molecule has 104 valence electrons. The van der Waals surface area contributed by atoms with Crippen molar-refractivity contribution < 1.29 is 34.4 Å². The molecule has 0 spiro atoms. The van der Waals surface area contributed by atoms with Crippen LogP contribution in [0.15, 0.2) is 0 Å². The fraction of sp³-hybridized carbons (Fsp3) is 0.778. The maximum Gasteiger partial charge on any atom is 0.333 e. The molecule has 1 heterocycles. The third kappa shape index (κ3) is 2.18. The van der Waals surface area contributed by atoms with Crippen LogP contribution in [0.25, 0.3) is 0 Å². The van der Waals surface area contributed by atoms with Crippen molar-refractivity contribution in [1.82, 2.24) is 0 Å². The number of carbonyl (C=O) groups excluding carboxylic acids is 2. The summed E-state index contributed by atoms with van der Waals surface area (Å²) in [7, 11) is 0. The Balaban J connectivity index is 3.25. The lowest BCUT2D eigenvalue weighted by Gasteiger charge is -2.44. The van der Waals surface area contributed by atoms with Crippen molar-refractivity contribution in [1.29, 1.82) is 0 Å². The lowest BCUT2D eigenvalue weighted by Crippen LogP contribution is -2.69. The SMILES string of the molecule is NC1OC(=O)CC(CO)(CO)[C@@](N)(CO)C(=O)O1. The first-order chi connectivity index (χ1) is 8.35. The molecule has 9 heteroatoms. The summed E-state index contributed by atoms with van der Waals surface area (Å²) in [5.41, 5.74) is 6.92. The molecule has 9 nitrogen and oxygen atoms in total. The summed E-state index contributed by atoms with van der Waals surface area (Å²) >= 11 is 0. The van der Waals surface area contributed by atoms with Crippen LogP contribution in [0.4, 0.5) is 0 Å². The molecule has 0 bridgehead atoms. The fourth-order valence-corrected chi connectivity index (χ4v) is 1.73. The highest BCUT2D eigenvalue weighted by Gasteiger charge is 2.57. The van der Waals surface area contributed by atoms with Gasteiger partial charge in [-0.1, -0.05) is 0 Å². The van der Waals surface area contributed by atoms with E-state index in [4.69, 9.17) is 11.5 Å². The molecular weight excluding hydrogens is 248 g/mol. The van der Waals surface area contributed by atoms with E-state index in [1.54, 1.807) is 0 Å². The van der Waals surface area contributed by atoms with Gasteiger partial charge in [0, 0.05) is 0 Å². The van der Waals surface area contributed by atoms with Gasteiger partial charge in [-0.2, -0.15) is 0 Å². The van der Waals surface area contributed by atoms with Crippen LogP contribution in [0, 0.1) is 5.41 Å². The van der Waals surface area contributed by atoms with E-state index in [-0.39, 0.29) is 0 Å². The molecule has 0 aromatic rings. The Kier molecular flexibility index (Phi) is 4.24. The molecule has 1 saturated heterocycles. The number of rotatable bonds is 3. The second kappa shape index (κ2) is 5.16. The molecule has 1 aliphatic rings. The fourth-order valence-electron chi connectivity index (χ4n) is 1.73. The van der Waals surface area contributed by atoms with Crippen molar-refractivity contribution in [3.05, 3.63) is 0 Å². The van der Waals surface area contributed by atoms with Gasteiger partial charge in [0.15, 0.2) is 0 Å². The van der Waals surface area contributed by atoms with E-state index in [2.05, 4.69) is 9.47 Å². The molecule has 0 aromatic carbocycles. The van der Waals surface area contributed by atoms with E-state index in [0.29, 0.717) is 0 Å². The monoisotopic (exact) mass is 264 g/mol. The predicted octanol–water partition coefficient (Wildman–Crippen LogP) is -3.62. The minimum Gasteiger partial charge on any atom is -0.411 e. The Bertz CT molecular complexity index is 344. The van der Waals surface area contributed by atoms with E-state index in [1.165, 1.54) is 0 Å². The molecule has 2 atom stereocenters. The van der Waals surface area contributed by atoms with Crippen molar-refractivity contribution in [3.63, 3.8) is 0 Å². The second-order valence-corrected chi connectivity index (χ2v) is 4.17. The number of aliphatic hydroxyl groups excluding tert-OH is 3. The highest BCUT2D eigenvalue weighted by Crippen LogP contribution is 2.35. The molecule has 1 rings (SSSR count). The minimum absolute atomic E-state index is 0.583. The Hall–Kier alpha value is -1.26. The lowest BCUT2D eigenvalue weighted by atomic mass is 9.68. The van der Waals surface area contributed by atoms with Gasteiger partial charge in [0.1, 0.15) is 5.54 Å². The van der Waals surface area contributed by atoms with Gasteiger partial charge in [-0.25, -0.2) is 4.79 Å². The van der Waals surface area contributed by atoms with E-state index in [1.807, 2.05) is 0 Å². The van der Waals surface area contributed by atoms with Crippen LogP contribution >= 0.6 is 0 Å². The summed E-state index contributed by atoms with van der Waals surface area (Å²) in [5.74, 6) is -2.09. The van der Waals surface area contributed by atoms with Gasteiger partial charge >= 0.3 is 18.4 Å². The van der Waals surface area contributed by atoms with E-state index >= 15 is 0 Å². The van der Waals surface area contributed by atoms with Gasteiger partial charge in [-0.15, -0.1) is 0 Å². The number of cyclic esters (lactones) is 2. The Morgan fingerprint density at radius 1 is 1.17 bits per heavy atom. The van der Waals surface area contributed by atoms with Crippen LogP contribution < -0.4 is 11.5 Å². The minimum atomic E-state index is -2.16. The van der Waals surface area contributed by atoms with Crippen LogP contribution in [0.2, 0.25) is 0 Å². The summed E-state index contributed by atoms with van der Waals surface area (Å²) in [4.78, 5) is 23.2. The van der Waals surface area contributed by atoms with Crippen molar-refractivity contribution in [2.75, 3.05) is 19.8 Å². The summed E-state index contributed by atoms with van der Waals surface area (Å²) in [6, 6.07) is 0. The normalized spacial score (nSPS) is 32.2. The molecule has 1 unspecified atom stereocenters. The average molecular weight is 264 g/mol. The highest BCUT2D eigenvalue weighted by molar-refractivity contribution is 5.85. The highest BCUT2D eigenvalue weighted by atomic mass is 16.7. The smallest absolute Gasteiger partial charge is 0.333 e. The first-order valence-electron chi connectivity index (χ1n) is 5.13. The second-order valence-electron chi connectivity index (χ2n) is 4.17. The van der Waals surface area contributed by atoms with Gasteiger partial charge in [0.25, 0.3) is 0 Å². The van der Waals surface area contributed by atoms with Crippen LogP contribution in [-0.2, 0) is 19.1 Å². The maximum absolute atomic E-state index is 11.8. The van der Waals surface area contributed by atoms with Gasteiger partial charge in [0.2, 0.25) is 0 Å². The van der Waals surface area contributed by atoms with Gasteiger partial charge in [0.05, 0.1) is 31.7 Å². The molecule has 18 heavy (non-hydrogen) atoms. The zero-order chi connectivity index (χ0) is 14.0. The molecule has 0 saturated carbocycles. The van der Waals surface area contributed by atoms with Crippen molar-refractivity contribution in [2.24, 2.45) is 16.9 Å². The number of carbonyl (C=O) groups is 2. The summed E-state index contributed by atoms with van der Waals surface area (Å²) in [6.45, 7) is -2.58. The number of hydrogen-bond donors (Lipinski definition) is 5. The van der Waals surface area contributed by atoms with Crippen LogP contribution in [-0.4, -0.2) is 59.0 Å². The zero-order valence-corrected chi connectivity index (χ0v) is 9.54. The number of hydrogen-bond acceptors (Lipinski definition) is 9. The molecule has 1 fully saturated rings. The van der Waals surface area contributed by atoms with Crippen molar-refractivity contribution in [3.8, 4) is 0 Å². The molecule has 7 N–H and O–H groups in total. The molecule has 0 aliphatic carbocycles. The summed E-state index contributed by atoms with van der Waals surface area (Å²) in [6.07, 6.45) is -2.23. The van der Waals surface area contributed by atoms with Crippen molar-refractivity contribution in [2.45, 2.75) is 18.4 Å².